The van der Waals surface area contributed by atoms with Crippen molar-refractivity contribution in [1.82, 2.24) is 0 Å². The van der Waals surface area contributed by atoms with Gasteiger partial charge in [-0.1, -0.05) is 15.9 Å². The van der Waals surface area contributed by atoms with E-state index in [1.807, 2.05) is 0 Å². The van der Waals surface area contributed by atoms with Gasteiger partial charge >= 0.3 is 0 Å². The summed E-state index contributed by atoms with van der Waals surface area (Å²) in [5.41, 5.74) is 1.38. The summed E-state index contributed by atoms with van der Waals surface area (Å²) in [6, 6.07) is 4.40. The normalized spacial score (nSPS) is 10.2. The van der Waals surface area contributed by atoms with Gasteiger partial charge in [0.25, 0.3) is 0 Å². The zero-order valence-corrected chi connectivity index (χ0v) is 13.4. The van der Waals surface area contributed by atoms with Crippen molar-refractivity contribution in [2.45, 2.75) is 5.33 Å². The Kier molecular flexibility index (Phi) is 4.93. The van der Waals surface area contributed by atoms with E-state index < -0.39 is 0 Å². The largest absolute Gasteiger partial charge is 0.0876 e. The van der Waals surface area contributed by atoms with Crippen LogP contribution in [0.3, 0.4) is 0 Å². The monoisotopic (exact) mass is 548 g/mol. The number of alkyl halides is 1. The quantitative estimate of drug-likeness (QED) is 0.277. The van der Waals surface area contributed by atoms with Gasteiger partial charge in [-0.25, -0.2) is 0 Å². The number of hydrogen-bond acceptors (Lipinski definition) is 0. The first-order chi connectivity index (χ1) is 5.15. The van der Waals surface area contributed by atoms with E-state index in [1.165, 1.54) is 16.3 Å². The van der Waals surface area contributed by atoms with Crippen LogP contribution in [0.25, 0.3) is 0 Å². The maximum absolute atomic E-state index is 3.47. The Morgan fingerprint density at radius 1 is 1.18 bits per heavy atom. The lowest BCUT2D eigenvalue weighted by Crippen LogP contribution is -1.89. The first-order valence-corrected chi connectivity index (χ1v) is 7.20. The lowest BCUT2D eigenvalue weighted by molar-refractivity contribution is 1.35. The molecule has 0 aliphatic rings. The van der Waals surface area contributed by atoms with E-state index in [0.29, 0.717) is 0 Å². The van der Waals surface area contributed by atoms with Gasteiger partial charge in [-0.05, 0) is 85.5 Å². The predicted molar refractivity (Wildman–Crippen MR) is 77.2 cm³/mol. The first kappa shape index (κ1) is 11.0. The van der Waals surface area contributed by atoms with Crippen molar-refractivity contribution in [3.63, 3.8) is 0 Å². The Balaban J connectivity index is 3.24. The van der Waals surface area contributed by atoms with Crippen LogP contribution in [0, 0.1) is 10.7 Å². The second-order valence-corrected chi connectivity index (χ2v) is 6.04. The van der Waals surface area contributed by atoms with Crippen molar-refractivity contribution < 1.29 is 0 Å². The molecule has 60 valence electrons. The number of rotatable bonds is 1. The summed E-state index contributed by atoms with van der Waals surface area (Å²) < 4.78 is 4.01. The molecule has 0 radical (unpaired) electrons. The topological polar surface area (TPSA) is 0 Å². The standard InChI is InChI=1S/C7H4BrI3/c8-3-4-1-5(9)2-6(10)7(4)11/h1-2H,3H2. The van der Waals surface area contributed by atoms with E-state index >= 15 is 0 Å². The van der Waals surface area contributed by atoms with Crippen LogP contribution >= 0.6 is 83.7 Å². The Bertz CT molecular complexity index is 273. The third-order valence-electron chi connectivity index (χ3n) is 1.21. The van der Waals surface area contributed by atoms with Crippen molar-refractivity contribution in [2.75, 3.05) is 0 Å². The number of benzene rings is 1. The van der Waals surface area contributed by atoms with E-state index in [4.69, 9.17) is 0 Å². The highest BCUT2D eigenvalue weighted by Gasteiger charge is 2.03. The van der Waals surface area contributed by atoms with Crippen molar-refractivity contribution in [3.05, 3.63) is 28.4 Å². The Labute approximate surface area is 115 Å². The van der Waals surface area contributed by atoms with Gasteiger partial charge in [0.1, 0.15) is 0 Å². The summed E-state index contributed by atoms with van der Waals surface area (Å²) in [4.78, 5) is 0. The maximum atomic E-state index is 3.47. The minimum Gasteiger partial charge on any atom is -0.0876 e. The molecule has 0 atom stereocenters. The highest BCUT2D eigenvalue weighted by Crippen LogP contribution is 2.24. The molecule has 0 saturated carbocycles. The van der Waals surface area contributed by atoms with Crippen molar-refractivity contribution >= 4 is 83.7 Å². The molecule has 11 heavy (non-hydrogen) atoms. The average Bonchev–Trinajstić information content (AvgIpc) is 1.96. The molecule has 0 amide bonds. The molecule has 0 aromatic heterocycles. The smallest absolute Gasteiger partial charge is 0.0305 e. The van der Waals surface area contributed by atoms with E-state index in [2.05, 4.69) is 95.8 Å². The number of hydrogen-bond donors (Lipinski definition) is 0. The van der Waals surface area contributed by atoms with Gasteiger partial charge in [-0.15, -0.1) is 0 Å². The molecule has 0 bridgehead atoms. The Hall–Kier alpha value is 1.89. The molecule has 1 aromatic rings. The van der Waals surface area contributed by atoms with Gasteiger partial charge in [0.05, 0.1) is 0 Å². The molecule has 1 rings (SSSR count). The third kappa shape index (κ3) is 2.94. The lowest BCUT2D eigenvalue weighted by Gasteiger charge is -2.03. The summed E-state index contributed by atoms with van der Waals surface area (Å²) in [6.07, 6.45) is 0. The molecule has 0 unspecified atom stereocenters. The van der Waals surface area contributed by atoms with Crippen LogP contribution < -0.4 is 0 Å². The van der Waals surface area contributed by atoms with Crippen LogP contribution in [-0.2, 0) is 5.33 Å². The second-order valence-electron chi connectivity index (χ2n) is 1.99. The summed E-state index contributed by atoms with van der Waals surface area (Å²) in [5.74, 6) is 0. The lowest BCUT2D eigenvalue weighted by atomic mass is 10.2. The highest BCUT2D eigenvalue weighted by atomic mass is 127. The maximum Gasteiger partial charge on any atom is 0.0305 e. The molecule has 0 fully saturated rings. The van der Waals surface area contributed by atoms with Crippen LogP contribution in [0.5, 0.6) is 0 Å². The fourth-order valence-electron chi connectivity index (χ4n) is 0.707. The summed E-state index contributed by atoms with van der Waals surface area (Å²) in [7, 11) is 0. The molecule has 1 aromatic carbocycles. The molecule has 0 aliphatic heterocycles. The van der Waals surface area contributed by atoms with Crippen molar-refractivity contribution in [2.24, 2.45) is 0 Å². The molecule has 0 spiro atoms. The SMILES string of the molecule is BrCc1cc(I)cc(I)c1I. The van der Waals surface area contributed by atoms with Gasteiger partial charge in [-0.3, -0.25) is 0 Å². The molecule has 0 saturated heterocycles. The fraction of sp³-hybridized carbons (Fsp3) is 0.143. The van der Waals surface area contributed by atoms with E-state index in [0.717, 1.165) is 5.33 Å². The second kappa shape index (κ2) is 4.94. The Morgan fingerprint density at radius 3 is 2.36 bits per heavy atom. The van der Waals surface area contributed by atoms with Crippen molar-refractivity contribution in [1.29, 1.82) is 0 Å². The van der Waals surface area contributed by atoms with E-state index in [1.54, 1.807) is 0 Å². The minimum atomic E-state index is 0.943. The molecule has 0 aliphatic carbocycles. The van der Waals surface area contributed by atoms with Gasteiger partial charge in [0.15, 0.2) is 0 Å². The zero-order chi connectivity index (χ0) is 8.43. The van der Waals surface area contributed by atoms with Crippen LogP contribution in [0.15, 0.2) is 12.1 Å². The highest BCUT2D eigenvalue weighted by molar-refractivity contribution is 14.1. The molecular weight excluding hydrogens is 545 g/mol. The van der Waals surface area contributed by atoms with Crippen LogP contribution in [0.2, 0.25) is 0 Å². The van der Waals surface area contributed by atoms with E-state index in [9.17, 15) is 0 Å². The predicted octanol–water partition coefficient (Wildman–Crippen LogP) is 4.40. The van der Waals surface area contributed by atoms with Gasteiger partial charge in [0, 0.05) is 16.0 Å². The summed E-state index contributed by atoms with van der Waals surface area (Å²) in [5, 5.41) is 0.943. The summed E-state index contributed by atoms with van der Waals surface area (Å²) in [6.45, 7) is 0. The van der Waals surface area contributed by atoms with Gasteiger partial charge < -0.3 is 0 Å². The molecule has 0 N–H and O–H groups in total. The van der Waals surface area contributed by atoms with Crippen LogP contribution in [0.1, 0.15) is 5.56 Å². The van der Waals surface area contributed by atoms with Crippen LogP contribution in [-0.4, -0.2) is 0 Å². The zero-order valence-electron chi connectivity index (χ0n) is 5.37. The average molecular weight is 549 g/mol. The first-order valence-electron chi connectivity index (χ1n) is 2.84. The van der Waals surface area contributed by atoms with E-state index in [-0.39, 0.29) is 0 Å². The Morgan fingerprint density at radius 2 is 1.82 bits per heavy atom. The molecule has 0 nitrogen and oxygen atoms in total. The molecule has 0 heterocycles. The van der Waals surface area contributed by atoms with Crippen molar-refractivity contribution in [3.8, 4) is 0 Å². The fourth-order valence-corrected chi connectivity index (χ4v) is 4.14. The molecular formula is C7H4BrI3. The van der Waals surface area contributed by atoms with Gasteiger partial charge in [0.2, 0.25) is 0 Å². The third-order valence-corrected chi connectivity index (χ3v) is 5.60. The molecule has 4 heteroatoms. The van der Waals surface area contributed by atoms with Crippen LogP contribution in [0.4, 0.5) is 0 Å². The minimum absolute atomic E-state index is 0.943. The summed E-state index contributed by atoms with van der Waals surface area (Å²) >= 11 is 10.6. The van der Waals surface area contributed by atoms with Gasteiger partial charge in [-0.2, -0.15) is 0 Å². The number of halogens is 4.